The van der Waals surface area contributed by atoms with Crippen molar-refractivity contribution >= 4 is 57.4 Å². The van der Waals surface area contributed by atoms with E-state index in [9.17, 15) is 9.59 Å². The van der Waals surface area contributed by atoms with Gasteiger partial charge in [0, 0.05) is 15.3 Å². The molecule has 11 heteroatoms. The van der Waals surface area contributed by atoms with Crippen LogP contribution < -0.4 is 9.47 Å². The smallest absolute Gasteiger partial charge is 0.338 e. The molecule has 0 aliphatic rings. The van der Waals surface area contributed by atoms with Crippen LogP contribution in [0.2, 0.25) is 0 Å². The molecule has 0 fully saturated rings. The van der Waals surface area contributed by atoms with E-state index < -0.39 is 11.9 Å². The summed E-state index contributed by atoms with van der Waals surface area (Å²) in [5.41, 5.74) is 3.59. The molecule has 6 rings (SSSR count). The number of fused-ring (bicyclic) bond motifs is 1. The lowest BCUT2D eigenvalue weighted by Crippen LogP contribution is -2.14. The number of hydrogen-bond donors (Lipinski definition) is 0. The number of thiophene rings is 2. The molecule has 0 atom stereocenters. The van der Waals surface area contributed by atoms with Crippen molar-refractivity contribution < 1.29 is 28.5 Å². The lowest BCUT2D eigenvalue weighted by Gasteiger charge is -2.19. The summed E-state index contributed by atoms with van der Waals surface area (Å²) < 4.78 is 32.9. The van der Waals surface area contributed by atoms with Crippen LogP contribution in [0.4, 0.5) is 0 Å². The highest BCUT2D eigenvalue weighted by atomic mass is 32.1. The number of ether oxygens (including phenoxy) is 4. The summed E-state index contributed by atoms with van der Waals surface area (Å²) >= 11 is 4.27. The lowest BCUT2D eigenvalue weighted by atomic mass is 10.0. The largest absolute Gasteiger partial charge is 0.459 e. The summed E-state index contributed by atoms with van der Waals surface area (Å²) in [6.07, 6.45) is 0. The second kappa shape index (κ2) is 13.2. The van der Waals surface area contributed by atoms with Crippen LogP contribution in [0.3, 0.4) is 0 Å². The molecule has 0 bridgehead atoms. The molecule has 8 nitrogen and oxygen atoms in total. The second-order valence-electron chi connectivity index (χ2n) is 9.42. The fraction of sp³-hybridized carbons (Fsp3) is 0.0909. The Balaban J connectivity index is 1.38. The SMILES string of the molecule is C=C(C)C(=O)OCCOC(=O)c1ccc(Oc2c(Oc3ccccc3)c(-c3cccs3)c3nsnc3c2-c2cccs2)cc1. The Kier molecular flexibility index (Phi) is 8.78. The van der Waals surface area contributed by atoms with Gasteiger partial charge in [-0.3, -0.25) is 0 Å². The molecule has 0 N–H and O–H groups in total. The van der Waals surface area contributed by atoms with Gasteiger partial charge in [0.15, 0.2) is 11.5 Å². The molecular weight excluding hydrogens is 617 g/mol. The molecular formula is C33H24N2O6S3. The van der Waals surface area contributed by atoms with Crippen LogP contribution in [-0.2, 0) is 14.3 Å². The number of esters is 2. The first-order valence-electron chi connectivity index (χ1n) is 13.4. The van der Waals surface area contributed by atoms with E-state index in [0.29, 0.717) is 34.1 Å². The van der Waals surface area contributed by atoms with Gasteiger partial charge < -0.3 is 18.9 Å². The molecule has 3 aromatic carbocycles. The van der Waals surface area contributed by atoms with Crippen LogP contribution in [0.1, 0.15) is 17.3 Å². The van der Waals surface area contributed by atoms with Gasteiger partial charge in [0.05, 0.1) is 28.4 Å². The summed E-state index contributed by atoms with van der Waals surface area (Å²) in [6.45, 7) is 4.94. The fourth-order valence-corrected chi connectivity index (χ4v) is 6.41. The Morgan fingerprint density at radius 2 is 1.25 bits per heavy atom. The van der Waals surface area contributed by atoms with Gasteiger partial charge in [-0.15, -0.1) is 22.7 Å². The Morgan fingerprint density at radius 3 is 1.77 bits per heavy atom. The third kappa shape index (κ3) is 6.25. The molecule has 0 aliphatic carbocycles. The van der Waals surface area contributed by atoms with Crippen LogP contribution in [0, 0.1) is 0 Å². The van der Waals surface area contributed by atoms with Crippen molar-refractivity contribution in [3.63, 3.8) is 0 Å². The number of hydrogen-bond acceptors (Lipinski definition) is 11. The van der Waals surface area contributed by atoms with E-state index in [2.05, 4.69) is 6.58 Å². The zero-order valence-corrected chi connectivity index (χ0v) is 25.8. The molecule has 0 amide bonds. The Morgan fingerprint density at radius 1 is 0.705 bits per heavy atom. The first-order chi connectivity index (χ1) is 21.5. The third-order valence-corrected chi connectivity index (χ3v) is 8.63. The minimum absolute atomic E-state index is 0.0607. The summed E-state index contributed by atoms with van der Waals surface area (Å²) in [5.74, 6) is 1.03. The first-order valence-corrected chi connectivity index (χ1v) is 15.9. The summed E-state index contributed by atoms with van der Waals surface area (Å²) in [4.78, 5) is 26.0. The quantitative estimate of drug-likeness (QED) is 0.0786. The standard InChI is InChI=1S/C33H24N2O6S3/c1-20(2)32(36)38-16-17-39-33(37)21-12-14-23(15-13-21)41-31-27(25-11-7-19-43-25)29-28(34-44-35-29)26(24-10-6-18-42-24)30(31)40-22-8-4-3-5-9-22/h3-15,18-19H,1,16-17H2,2H3. The first kappa shape index (κ1) is 29.2. The summed E-state index contributed by atoms with van der Waals surface area (Å²) in [7, 11) is 0. The molecule has 0 aliphatic heterocycles. The zero-order chi connectivity index (χ0) is 30.5. The Labute approximate surface area is 265 Å². The van der Waals surface area contributed by atoms with E-state index in [1.54, 1.807) is 53.9 Å². The van der Waals surface area contributed by atoms with Gasteiger partial charge in [-0.1, -0.05) is 36.9 Å². The van der Waals surface area contributed by atoms with Gasteiger partial charge in [-0.05, 0) is 66.2 Å². The summed E-state index contributed by atoms with van der Waals surface area (Å²) in [5, 5.41) is 4.00. The van der Waals surface area contributed by atoms with Crippen molar-refractivity contribution in [2.45, 2.75) is 6.92 Å². The monoisotopic (exact) mass is 640 g/mol. The predicted molar refractivity (Wildman–Crippen MR) is 173 cm³/mol. The van der Waals surface area contributed by atoms with Crippen LogP contribution >= 0.6 is 34.4 Å². The summed E-state index contributed by atoms with van der Waals surface area (Å²) in [6, 6.07) is 24.1. The van der Waals surface area contributed by atoms with Gasteiger partial charge in [-0.25, -0.2) is 9.59 Å². The van der Waals surface area contributed by atoms with Crippen LogP contribution in [-0.4, -0.2) is 33.9 Å². The number of rotatable bonds is 11. The molecule has 3 aromatic heterocycles. The maximum Gasteiger partial charge on any atom is 0.338 e. The normalized spacial score (nSPS) is 10.8. The topological polar surface area (TPSA) is 96.8 Å². The van der Waals surface area contributed by atoms with Crippen molar-refractivity contribution in [3.05, 3.63) is 107 Å². The molecule has 0 radical (unpaired) electrons. The number of benzene rings is 3. The molecule has 0 saturated heterocycles. The van der Waals surface area contributed by atoms with Crippen LogP contribution in [0.25, 0.3) is 31.9 Å². The predicted octanol–water partition coefficient (Wildman–Crippen LogP) is 9.01. The van der Waals surface area contributed by atoms with Gasteiger partial charge in [0.25, 0.3) is 0 Å². The average Bonchev–Trinajstić information content (AvgIpc) is 3.84. The van der Waals surface area contributed by atoms with Gasteiger partial charge in [0.2, 0.25) is 0 Å². The molecule has 0 spiro atoms. The van der Waals surface area contributed by atoms with E-state index in [1.165, 1.54) is 0 Å². The molecule has 220 valence electrons. The number of para-hydroxylation sites is 1. The van der Waals surface area contributed by atoms with Crippen molar-refractivity contribution in [3.8, 4) is 43.9 Å². The number of carbonyl (C=O) groups is 2. The molecule has 44 heavy (non-hydrogen) atoms. The number of nitrogens with zero attached hydrogens (tertiary/aromatic N) is 2. The molecule has 0 unspecified atom stereocenters. The molecule has 6 aromatic rings. The third-order valence-electron chi connectivity index (χ3n) is 6.33. The Hall–Kier alpha value is -4.84. The van der Waals surface area contributed by atoms with Gasteiger partial charge >= 0.3 is 11.9 Å². The zero-order valence-electron chi connectivity index (χ0n) is 23.4. The van der Waals surface area contributed by atoms with Crippen LogP contribution in [0.5, 0.6) is 23.0 Å². The highest BCUT2D eigenvalue weighted by Gasteiger charge is 2.29. The number of aromatic nitrogens is 2. The highest BCUT2D eigenvalue weighted by Crippen LogP contribution is 2.54. The van der Waals surface area contributed by atoms with E-state index in [-0.39, 0.29) is 18.8 Å². The maximum absolute atomic E-state index is 12.6. The second-order valence-corrected chi connectivity index (χ2v) is 11.8. The van der Waals surface area contributed by atoms with Crippen LogP contribution in [0.15, 0.2) is 102 Å². The highest BCUT2D eigenvalue weighted by molar-refractivity contribution is 7.14. The minimum atomic E-state index is -0.551. The minimum Gasteiger partial charge on any atom is -0.459 e. The average molecular weight is 641 g/mol. The molecule has 3 heterocycles. The molecule has 0 saturated carbocycles. The van der Waals surface area contributed by atoms with E-state index in [4.69, 9.17) is 27.7 Å². The van der Waals surface area contributed by atoms with Crippen molar-refractivity contribution in [1.82, 2.24) is 8.75 Å². The fourth-order valence-electron chi connectivity index (χ4n) is 4.31. The van der Waals surface area contributed by atoms with E-state index in [0.717, 1.165) is 38.1 Å². The number of carbonyl (C=O) groups excluding carboxylic acids is 2. The Bertz CT molecular complexity index is 1920. The van der Waals surface area contributed by atoms with Gasteiger partial charge in [0.1, 0.15) is 35.7 Å². The lowest BCUT2D eigenvalue weighted by molar-refractivity contribution is -0.140. The van der Waals surface area contributed by atoms with E-state index in [1.807, 2.05) is 65.4 Å². The van der Waals surface area contributed by atoms with E-state index >= 15 is 0 Å². The van der Waals surface area contributed by atoms with Crippen molar-refractivity contribution in [2.75, 3.05) is 13.2 Å². The van der Waals surface area contributed by atoms with Gasteiger partial charge in [-0.2, -0.15) is 8.75 Å². The van der Waals surface area contributed by atoms with Crippen molar-refractivity contribution in [1.29, 1.82) is 0 Å². The van der Waals surface area contributed by atoms with Crippen molar-refractivity contribution in [2.24, 2.45) is 0 Å². The maximum atomic E-state index is 12.6.